The fourth-order valence-electron chi connectivity index (χ4n) is 3.23. The molecule has 0 atom stereocenters. The van der Waals surface area contributed by atoms with Gasteiger partial charge in [-0.1, -0.05) is 36.7 Å². The average Bonchev–Trinajstić information content (AvgIpc) is 3.52. The summed E-state index contributed by atoms with van der Waals surface area (Å²) in [5.41, 5.74) is 1.77. The van der Waals surface area contributed by atoms with Crippen molar-refractivity contribution in [3.05, 3.63) is 87.4 Å². The van der Waals surface area contributed by atoms with Crippen LogP contribution in [0.25, 0.3) is 11.5 Å². The molecule has 0 spiro atoms. The van der Waals surface area contributed by atoms with Crippen LogP contribution in [0.3, 0.4) is 0 Å². The molecule has 0 aliphatic carbocycles. The maximum absolute atomic E-state index is 13.1. The number of amides is 2. The molecular weight excluding hydrogens is 460 g/mol. The molecule has 2 aromatic carbocycles. The standard InChI is InChI=1S/C24H21ClN4O3S/c1-2-13-29(15-21-27-28-23(32-21)18-6-3-4-7-19(18)25)24(31)16-9-11-17(12-10-16)26-22(30)20-8-5-14-33-20/h3-12,14H,2,13,15H2,1H3,(H,26,30). The molecule has 2 aromatic heterocycles. The highest BCUT2D eigenvalue weighted by molar-refractivity contribution is 7.12. The first-order valence-electron chi connectivity index (χ1n) is 10.4. The van der Waals surface area contributed by atoms with Crippen molar-refractivity contribution in [2.75, 3.05) is 11.9 Å². The van der Waals surface area contributed by atoms with Crippen LogP contribution >= 0.6 is 22.9 Å². The largest absolute Gasteiger partial charge is 0.419 e. The number of hydrogen-bond donors (Lipinski definition) is 1. The fraction of sp³-hybridized carbons (Fsp3) is 0.167. The van der Waals surface area contributed by atoms with Gasteiger partial charge in [0.05, 0.1) is 22.0 Å². The summed E-state index contributed by atoms with van der Waals surface area (Å²) in [5.74, 6) is 0.296. The van der Waals surface area contributed by atoms with Gasteiger partial charge in [0.2, 0.25) is 11.8 Å². The average molecular weight is 481 g/mol. The first-order valence-corrected chi connectivity index (χ1v) is 11.6. The zero-order valence-electron chi connectivity index (χ0n) is 17.8. The van der Waals surface area contributed by atoms with Gasteiger partial charge < -0.3 is 14.6 Å². The van der Waals surface area contributed by atoms with Gasteiger partial charge in [0, 0.05) is 17.8 Å². The number of benzene rings is 2. The Morgan fingerprint density at radius 3 is 2.55 bits per heavy atom. The van der Waals surface area contributed by atoms with E-state index in [1.54, 1.807) is 47.4 Å². The second-order valence-electron chi connectivity index (χ2n) is 7.22. The molecule has 9 heteroatoms. The summed E-state index contributed by atoms with van der Waals surface area (Å²) in [4.78, 5) is 27.6. The highest BCUT2D eigenvalue weighted by Gasteiger charge is 2.20. The van der Waals surface area contributed by atoms with Crippen LogP contribution in [0.5, 0.6) is 0 Å². The molecule has 1 N–H and O–H groups in total. The Morgan fingerprint density at radius 1 is 1.06 bits per heavy atom. The molecule has 0 saturated carbocycles. The number of carbonyl (C=O) groups is 2. The van der Waals surface area contributed by atoms with E-state index >= 15 is 0 Å². The lowest BCUT2D eigenvalue weighted by Gasteiger charge is -2.20. The number of carbonyl (C=O) groups excluding carboxylic acids is 2. The number of nitrogens with one attached hydrogen (secondary N) is 1. The summed E-state index contributed by atoms with van der Waals surface area (Å²) < 4.78 is 5.76. The van der Waals surface area contributed by atoms with Gasteiger partial charge in [-0.15, -0.1) is 21.5 Å². The number of hydrogen-bond acceptors (Lipinski definition) is 6. The van der Waals surface area contributed by atoms with Crippen molar-refractivity contribution in [2.24, 2.45) is 0 Å². The van der Waals surface area contributed by atoms with E-state index in [-0.39, 0.29) is 18.4 Å². The van der Waals surface area contributed by atoms with E-state index in [1.807, 2.05) is 30.5 Å². The summed E-state index contributed by atoms with van der Waals surface area (Å²) in [6, 6.07) is 17.6. The number of nitrogens with zero attached hydrogens (tertiary/aromatic N) is 3. The molecule has 0 unspecified atom stereocenters. The summed E-state index contributed by atoms with van der Waals surface area (Å²) >= 11 is 7.58. The maximum Gasteiger partial charge on any atom is 0.265 e. The summed E-state index contributed by atoms with van der Waals surface area (Å²) in [6.45, 7) is 2.70. The summed E-state index contributed by atoms with van der Waals surface area (Å²) in [5, 5.41) is 13.4. The Kier molecular flexibility index (Phi) is 7.16. The fourth-order valence-corrected chi connectivity index (χ4v) is 4.06. The molecule has 168 valence electrons. The van der Waals surface area contributed by atoms with Crippen LogP contribution < -0.4 is 5.32 Å². The summed E-state index contributed by atoms with van der Waals surface area (Å²) in [7, 11) is 0. The molecular formula is C24H21ClN4O3S. The lowest BCUT2D eigenvalue weighted by atomic mass is 10.1. The normalized spacial score (nSPS) is 10.7. The van der Waals surface area contributed by atoms with Crippen LogP contribution in [0.1, 0.15) is 39.3 Å². The Morgan fingerprint density at radius 2 is 1.85 bits per heavy atom. The molecule has 0 bridgehead atoms. The highest BCUT2D eigenvalue weighted by atomic mass is 35.5. The van der Waals surface area contributed by atoms with E-state index in [1.165, 1.54) is 11.3 Å². The van der Waals surface area contributed by atoms with Gasteiger partial charge in [0.1, 0.15) is 0 Å². The van der Waals surface area contributed by atoms with Crippen molar-refractivity contribution < 1.29 is 14.0 Å². The molecule has 4 aromatic rings. The molecule has 0 fully saturated rings. The van der Waals surface area contributed by atoms with Crippen molar-refractivity contribution in [1.82, 2.24) is 15.1 Å². The second kappa shape index (κ2) is 10.4. The van der Waals surface area contributed by atoms with Gasteiger partial charge >= 0.3 is 0 Å². The van der Waals surface area contributed by atoms with Crippen LogP contribution in [0.15, 0.2) is 70.5 Å². The van der Waals surface area contributed by atoms with E-state index in [0.717, 1.165) is 6.42 Å². The number of thiophene rings is 1. The molecule has 0 aliphatic heterocycles. The van der Waals surface area contributed by atoms with Gasteiger partial charge in [0.15, 0.2) is 0 Å². The molecule has 2 amide bonds. The summed E-state index contributed by atoms with van der Waals surface area (Å²) in [6.07, 6.45) is 0.770. The van der Waals surface area contributed by atoms with Crippen molar-refractivity contribution in [2.45, 2.75) is 19.9 Å². The molecule has 0 aliphatic rings. The zero-order valence-corrected chi connectivity index (χ0v) is 19.4. The third kappa shape index (κ3) is 5.47. The van der Waals surface area contributed by atoms with Crippen molar-refractivity contribution in [1.29, 1.82) is 0 Å². The molecule has 2 heterocycles. The molecule has 33 heavy (non-hydrogen) atoms. The quantitative estimate of drug-likeness (QED) is 0.346. The van der Waals surface area contributed by atoms with Crippen LogP contribution in [-0.4, -0.2) is 33.5 Å². The third-order valence-corrected chi connectivity index (χ3v) is 6.01. The number of aromatic nitrogens is 2. The van der Waals surface area contributed by atoms with E-state index in [0.29, 0.717) is 45.0 Å². The van der Waals surface area contributed by atoms with Crippen molar-refractivity contribution in [3.63, 3.8) is 0 Å². The van der Waals surface area contributed by atoms with Gasteiger partial charge in [0.25, 0.3) is 11.8 Å². The Hall–Kier alpha value is -3.49. The van der Waals surface area contributed by atoms with Gasteiger partial charge in [-0.05, 0) is 54.3 Å². The lowest BCUT2D eigenvalue weighted by molar-refractivity contribution is 0.0728. The van der Waals surface area contributed by atoms with E-state index in [4.69, 9.17) is 16.0 Å². The molecule has 4 rings (SSSR count). The van der Waals surface area contributed by atoms with Gasteiger partial charge in [-0.3, -0.25) is 9.59 Å². The van der Waals surface area contributed by atoms with E-state index in [2.05, 4.69) is 15.5 Å². The Bertz CT molecular complexity index is 1240. The third-order valence-electron chi connectivity index (χ3n) is 4.81. The van der Waals surface area contributed by atoms with E-state index < -0.39 is 0 Å². The Labute approximate surface area is 200 Å². The zero-order chi connectivity index (χ0) is 23.2. The second-order valence-corrected chi connectivity index (χ2v) is 8.57. The first-order chi connectivity index (χ1) is 16.0. The molecule has 0 saturated heterocycles. The molecule has 0 radical (unpaired) electrons. The van der Waals surface area contributed by atoms with E-state index in [9.17, 15) is 9.59 Å². The minimum absolute atomic E-state index is 0.162. The topological polar surface area (TPSA) is 88.3 Å². The predicted molar refractivity (Wildman–Crippen MR) is 128 cm³/mol. The highest BCUT2D eigenvalue weighted by Crippen LogP contribution is 2.26. The predicted octanol–water partition coefficient (Wildman–Crippen LogP) is 5.76. The van der Waals surface area contributed by atoms with Crippen molar-refractivity contribution >= 4 is 40.4 Å². The van der Waals surface area contributed by atoms with Crippen molar-refractivity contribution in [3.8, 4) is 11.5 Å². The first kappa shape index (κ1) is 22.7. The minimum atomic E-state index is -0.178. The smallest absolute Gasteiger partial charge is 0.265 e. The Balaban J connectivity index is 1.45. The van der Waals surface area contributed by atoms with Crippen LogP contribution in [-0.2, 0) is 6.54 Å². The lowest BCUT2D eigenvalue weighted by Crippen LogP contribution is -2.31. The number of halogens is 1. The molecule has 7 nitrogen and oxygen atoms in total. The minimum Gasteiger partial charge on any atom is -0.419 e. The maximum atomic E-state index is 13.1. The van der Waals surface area contributed by atoms with Gasteiger partial charge in [-0.2, -0.15) is 0 Å². The SMILES string of the molecule is CCCN(Cc1nnc(-c2ccccc2Cl)o1)C(=O)c1ccc(NC(=O)c2cccs2)cc1. The van der Waals surface area contributed by atoms with Gasteiger partial charge in [-0.25, -0.2) is 0 Å². The number of rotatable bonds is 8. The van der Waals surface area contributed by atoms with Crippen LogP contribution in [0.2, 0.25) is 5.02 Å². The van der Waals surface area contributed by atoms with Crippen LogP contribution in [0.4, 0.5) is 5.69 Å². The monoisotopic (exact) mass is 480 g/mol. The van der Waals surface area contributed by atoms with Crippen LogP contribution in [0, 0.1) is 0 Å². The number of anilines is 1.